The van der Waals surface area contributed by atoms with Gasteiger partial charge in [-0.25, -0.2) is 0 Å². The van der Waals surface area contributed by atoms with E-state index in [0.717, 1.165) is 13.0 Å². The number of hydrogen-bond donors (Lipinski definition) is 0. The maximum atomic E-state index is 8.06. The van der Waals surface area contributed by atoms with Crippen molar-refractivity contribution < 1.29 is 0 Å². The summed E-state index contributed by atoms with van der Waals surface area (Å²) in [5.74, 6) is 0. The van der Waals surface area contributed by atoms with Crippen molar-refractivity contribution >= 4 is 6.21 Å². The van der Waals surface area contributed by atoms with Crippen molar-refractivity contribution in [2.24, 2.45) is 4.99 Å². The van der Waals surface area contributed by atoms with Gasteiger partial charge in [0.05, 0.1) is 6.07 Å². The van der Waals surface area contributed by atoms with Crippen molar-refractivity contribution in [3.8, 4) is 6.07 Å². The summed E-state index contributed by atoms with van der Waals surface area (Å²) in [6.45, 7) is 2.68. The second kappa shape index (κ2) is 6.16. The van der Waals surface area contributed by atoms with Crippen molar-refractivity contribution in [1.82, 2.24) is 0 Å². The van der Waals surface area contributed by atoms with Gasteiger partial charge in [0.15, 0.2) is 0 Å². The Morgan fingerprint density at radius 3 is 3.00 bits per heavy atom. The molecule has 0 rings (SSSR count). The van der Waals surface area contributed by atoms with E-state index in [0.29, 0.717) is 6.42 Å². The van der Waals surface area contributed by atoms with Crippen LogP contribution in [0.3, 0.4) is 0 Å². The predicted octanol–water partition coefficient (Wildman–Crippen LogP) is 1.38. The van der Waals surface area contributed by atoms with E-state index < -0.39 is 0 Å². The highest BCUT2D eigenvalue weighted by Crippen LogP contribution is 1.84. The van der Waals surface area contributed by atoms with Gasteiger partial charge in [-0.15, -0.1) is 0 Å². The predicted molar refractivity (Wildman–Crippen MR) is 33.9 cm³/mol. The lowest BCUT2D eigenvalue weighted by Gasteiger charge is -1.83. The van der Waals surface area contributed by atoms with E-state index >= 15 is 0 Å². The van der Waals surface area contributed by atoms with Crippen LogP contribution in [0.5, 0.6) is 0 Å². The molecule has 0 aliphatic carbocycles. The summed E-state index contributed by atoms with van der Waals surface area (Å²) in [4.78, 5) is 3.93. The molecule has 0 unspecified atom stereocenters. The summed E-state index contributed by atoms with van der Waals surface area (Å²) in [6.07, 6.45) is 3.27. The zero-order chi connectivity index (χ0) is 6.24. The van der Waals surface area contributed by atoms with E-state index in [-0.39, 0.29) is 0 Å². The van der Waals surface area contributed by atoms with Crippen LogP contribution in [-0.2, 0) is 0 Å². The standard InChI is InChI=1S/C6H10N2/c1-2-8-6-4-3-5-7/h2H,3-4,6H2,1H3. The Bertz CT molecular complexity index is 99.6. The fourth-order valence-electron chi connectivity index (χ4n) is 0.379. The zero-order valence-corrected chi connectivity index (χ0v) is 5.09. The lowest BCUT2D eigenvalue weighted by atomic mass is 10.3. The molecule has 0 aromatic carbocycles. The van der Waals surface area contributed by atoms with Crippen molar-refractivity contribution in [2.75, 3.05) is 6.54 Å². The lowest BCUT2D eigenvalue weighted by Crippen LogP contribution is -1.77. The molecule has 0 aromatic heterocycles. The molecule has 0 bridgehead atoms. The van der Waals surface area contributed by atoms with Crippen LogP contribution in [0.4, 0.5) is 0 Å². The number of nitrogens with zero attached hydrogens (tertiary/aromatic N) is 2. The third-order valence-electron chi connectivity index (χ3n) is 0.758. The maximum Gasteiger partial charge on any atom is 0.0622 e. The first-order valence-corrected chi connectivity index (χ1v) is 2.73. The van der Waals surface area contributed by atoms with Crippen molar-refractivity contribution in [2.45, 2.75) is 19.8 Å². The largest absolute Gasteiger partial charge is 0.298 e. The normalized spacial score (nSPS) is 9.50. The minimum atomic E-state index is 0.622. The molecule has 0 aliphatic heterocycles. The van der Waals surface area contributed by atoms with Gasteiger partial charge in [-0.05, 0) is 19.6 Å². The van der Waals surface area contributed by atoms with E-state index in [9.17, 15) is 0 Å². The summed E-state index contributed by atoms with van der Waals surface area (Å²) >= 11 is 0. The number of hydrogen-bond acceptors (Lipinski definition) is 2. The molecule has 0 atom stereocenters. The molecule has 0 fully saturated rings. The summed E-state index contributed by atoms with van der Waals surface area (Å²) in [7, 11) is 0. The van der Waals surface area contributed by atoms with Crippen LogP contribution in [0.15, 0.2) is 4.99 Å². The Balaban J connectivity index is 2.85. The SMILES string of the molecule is CC=NCCCC#N. The van der Waals surface area contributed by atoms with Gasteiger partial charge in [-0.2, -0.15) is 5.26 Å². The van der Waals surface area contributed by atoms with Gasteiger partial charge in [-0.1, -0.05) is 0 Å². The second-order valence-corrected chi connectivity index (χ2v) is 1.43. The molecule has 0 spiro atoms. The molecule has 44 valence electrons. The summed E-state index contributed by atoms with van der Waals surface area (Å²) in [5.41, 5.74) is 0. The molecule has 2 heteroatoms. The van der Waals surface area contributed by atoms with Gasteiger partial charge >= 0.3 is 0 Å². The minimum Gasteiger partial charge on any atom is -0.298 e. The third-order valence-corrected chi connectivity index (χ3v) is 0.758. The fraction of sp³-hybridized carbons (Fsp3) is 0.667. The van der Waals surface area contributed by atoms with Crippen LogP contribution in [0.1, 0.15) is 19.8 Å². The summed E-state index contributed by atoms with van der Waals surface area (Å²) < 4.78 is 0. The topological polar surface area (TPSA) is 36.1 Å². The van der Waals surface area contributed by atoms with Crippen LogP contribution in [0.25, 0.3) is 0 Å². The average molecular weight is 110 g/mol. The summed E-state index contributed by atoms with van der Waals surface area (Å²) in [5, 5.41) is 8.06. The highest BCUT2D eigenvalue weighted by molar-refractivity contribution is 5.53. The Kier molecular flexibility index (Phi) is 5.51. The first-order chi connectivity index (χ1) is 3.91. The summed E-state index contributed by atoms with van der Waals surface area (Å²) in [6, 6.07) is 2.05. The van der Waals surface area contributed by atoms with Crippen LogP contribution in [0, 0.1) is 11.3 Å². The number of aliphatic imine (C=N–C) groups is 1. The van der Waals surface area contributed by atoms with E-state index in [1.165, 1.54) is 0 Å². The number of rotatable bonds is 3. The average Bonchev–Trinajstić information content (AvgIpc) is 1.81. The first-order valence-electron chi connectivity index (χ1n) is 2.73. The van der Waals surface area contributed by atoms with Crippen molar-refractivity contribution in [3.63, 3.8) is 0 Å². The molecule has 0 amide bonds. The molecular formula is C6H10N2. The highest BCUT2D eigenvalue weighted by Gasteiger charge is 1.78. The first kappa shape index (κ1) is 7.16. The van der Waals surface area contributed by atoms with E-state index in [2.05, 4.69) is 11.1 Å². The highest BCUT2D eigenvalue weighted by atomic mass is 14.7. The molecular weight excluding hydrogens is 100 g/mol. The Morgan fingerprint density at radius 2 is 2.50 bits per heavy atom. The Hall–Kier alpha value is -0.840. The Labute approximate surface area is 49.9 Å². The number of nitriles is 1. The van der Waals surface area contributed by atoms with Gasteiger partial charge in [0.2, 0.25) is 0 Å². The maximum absolute atomic E-state index is 8.06. The smallest absolute Gasteiger partial charge is 0.0622 e. The number of unbranched alkanes of at least 4 members (excludes halogenated alkanes) is 1. The van der Waals surface area contributed by atoms with Gasteiger partial charge in [0.1, 0.15) is 0 Å². The zero-order valence-electron chi connectivity index (χ0n) is 5.09. The fourth-order valence-corrected chi connectivity index (χ4v) is 0.379. The molecule has 0 aliphatic rings. The molecule has 0 saturated heterocycles. The van der Waals surface area contributed by atoms with E-state index in [1.54, 1.807) is 6.21 Å². The van der Waals surface area contributed by atoms with Gasteiger partial charge < -0.3 is 0 Å². The van der Waals surface area contributed by atoms with Crippen LogP contribution < -0.4 is 0 Å². The quantitative estimate of drug-likeness (QED) is 0.399. The van der Waals surface area contributed by atoms with Crippen LogP contribution in [-0.4, -0.2) is 12.8 Å². The molecule has 0 N–H and O–H groups in total. The monoisotopic (exact) mass is 110 g/mol. The molecule has 2 nitrogen and oxygen atoms in total. The third kappa shape index (κ3) is 5.16. The second-order valence-electron chi connectivity index (χ2n) is 1.43. The Morgan fingerprint density at radius 1 is 1.75 bits per heavy atom. The molecule has 0 aromatic rings. The van der Waals surface area contributed by atoms with Crippen LogP contribution >= 0.6 is 0 Å². The van der Waals surface area contributed by atoms with E-state index in [4.69, 9.17) is 5.26 Å². The molecule has 0 saturated carbocycles. The van der Waals surface area contributed by atoms with Gasteiger partial charge in [0, 0.05) is 13.0 Å². The minimum absolute atomic E-state index is 0.622. The lowest BCUT2D eigenvalue weighted by molar-refractivity contribution is 0.865. The van der Waals surface area contributed by atoms with Crippen LogP contribution in [0.2, 0.25) is 0 Å². The van der Waals surface area contributed by atoms with E-state index in [1.807, 2.05) is 6.92 Å². The molecule has 0 heterocycles. The van der Waals surface area contributed by atoms with Crippen molar-refractivity contribution in [1.29, 1.82) is 5.26 Å². The van der Waals surface area contributed by atoms with Gasteiger partial charge in [0.25, 0.3) is 0 Å². The molecule has 8 heavy (non-hydrogen) atoms. The van der Waals surface area contributed by atoms with Crippen molar-refractivity contribution in [3.05, 3.63) is 0 Å². The molecule has 0 radical (unpaired) electrons. The van der Waals surface area contributed by atoms with Gasteiger partial charge in [-0.3, -0.25) is 4.99 Å².